The summed E-state index contributed by atoms with van der Waals surface area (Å²) in [4.78, 5) is 43.5. The van der Waals surface area contributed by atoms with E-state index in [1.54, 1.807) is 20.8 Å². The van der Waals surface area contributed by atoms with Crippen LogP contribution in [0.2, 0.25) is 0 Å². The first-order chi connectivity index (χ1) is 17.7. The molecule has 2 aromatic heterocycles. The Morgan fingerprint density at radius 1 is 1.05 bits per heavy atom. The number of carbonyl (C=O) groups is 3. The summed E-state index contributed by atoms with van der Waals surface area (Å²) >= 11 is 0. The summed E-state index contributed by atoms with van der Waals surface area (Å²) in [6, 6.07) is 8.52. The van der Waals surface area contributed by atoms with Gasteiger partial charge in [0.15, 0.2) is 0 Å². The number of rotatable bonds is 4. The van der Waals surface area contributed by atoms with E-state index in [1.807, 2.05) is 0 Å². The Morgan fingerprint density at radius 2 is 1.74 bits per heavy atom. The second-order valence-electron chi connectivity index (χ2n) is 9.53. The molecule has 3 amide bonds. The number of nitrogens with zero attached hydrogens (tertiary/aromatic N) is 3. The van der Waals surface area contributed by atoms with Gasteiger partial charge in [0.25, 0.3) is 11.8 Å². The summed E-state index contributed by atoms with van der Waals surface area (Å²) in [7, 11) is 0. The highest BCUT2D eigenvalue weighted by Gasteiger charge is 2.35. The minimum Gasteiger partial charge on any atom is -0.444 e. The molecular formula is C25H25F3N6O4. The van der Waals surface area contributed by atoms with Crippen molar-refractivity contribution in [3.63, 3.8) is 0 Å². The van der Waals surface area contributed by atoms with E-state index >= 15 is 0 Å². The summed E-state index contributed by atoms with van der Waals surface area (Å²) in [5.41, 5.74) is 5.20. The van der Waals surface area contributed by atoms with Crippen molar-refractivity contribution in [1.82, 2.24) is 9.55 Å². The maximum Gasteiger partial charge on any atom is 0.416 e. The number of alkyl halides is 3. The van der Waals surface area contributed by atoms with E-state index in [1.165, 1.54) is 52.2 Å². The molecule has 13 heteroatoms. The SMILES string of the molecule is CC(C)(C)OC(=O)Nc1ccc(NC(=O)c2ccn3c2C(=O)N(c2ccc(C(F)(F)F)cc2)C[C@@H]3N)cn1. The Kier molecular flexibility index (Phi) is 6.89. The molecule has 0 saturated heterocycles. The number of benzene rings is 1. The fourth-order valence-corrected chi connectivity index (χ4v) is 3.82. The van der Waals surface area contributed by atoms with E-state index in [9.17, 15) is 27.6 Å². The topological polar surface area (TPSA) is 132 Å². The van der Waals surface area contributed by atoms with Gasteiger partial charge in [-0.25, -0.2) is 9.78 Å². The third-order valence-corrected chi connectivity index (χ3v) is 5.49. The van der Waals surface area contributed by atoms with Crippen molar-refractivity contribution < 1.29 is 32.3 Å². The number of hydrogen-bond acceptors (Lipinski definition) is 6. The molecule has 0 fully saturated rings. The van der Waals surface area contributed by atoms with E-state index in [2.05, 4.69) is 15.6 Å². The van der Waals surface area contributed by atoms with Gasteiger partial charge in [-0.2, -0.15) is 13.2 Å². The Hall–Kier alpha value is -4.39. The van der Waals surface area contributed by atoms with Crippen LogP contribution in [-0.4, -0.2) is 39.6 Å². The van der Waals surface area contributed by atoms with Crippen LogP contribution in [0.5, 0.6) is 0 Å². The highest BCUT2D eigenvalue weighted by atomic mass is 19.4. The number of hydrogen-bond donors (Lipinski definition) is 3. The van der Waals surface area contributed by atoms with Crippen LogP contribution in [0.3, 0.4) is 0 Å². The predicted molar refractivity (Wildman–Crippen MR) is 133 cm³/mol. The first kappa shape index (κ1) is 26.7. The standard InChI is InChI=1S/C25H25F3N6O4/c1-24(2,3)38-23(37)32-19-9-6-15(12-30-19)31-21(35)17-10-11-33-18(29)13-34(22(36)20(17)33)16-7-4-14(5-8-16)25(26,27)28/h4-12,18H,13,29H2,1-3H3,(H,31,35)(H,30,32,37)/t18-/m1/s1. The third-order valence-electron chi connectivity index (χ3n) is 5.49. The highest BCUT2D eigenvalue weighted by Crippen LogP contribution is 2.32. The van der Waals surface area contributed by atoms with Gasteiger partial charge in [-0.05, 0) is 63.2 Å². The molecule has 1 atom stereocenters. The number of amides is 3. The minimum atomic E-state index is -4.51. The molecule has 0 unspecified atom stereocenters. The number of carbonyl (C=O) groups excluding carboxylic acids is 3. The van der Waals surface area contributed by atoms with Crippen LogP contribution in [0.15, 0.2) is 54.9 Å². The Bertz CT molecular complexity index is 1360. The Labute approximate surface area is 215 Å². The fraction of sp³-hybridized carbons (Fsp3) is 0.280. The van der Waals surface area contributed by atoms with Gasteiger partial charge in [0.05, 0.1) is 35.7 Å². The molecule has 0 radical (unpaired) electrons. The second kappa shape index (κ2) is 9.82. The summed E-state index contributed by atoms with van der Waals surface area (Å²) in [6.45, 7) is 5.17. The van der Waals surface area contributed by atoms with Gasteiger partial charge in [0.1, 0.15) is 17.1 Å². The lowest BCUT2D eigenvalue weighted by molar-refractivity contribution is -0.137. The monoisotopic (exact) mass is 530 g/mol. The first-order valence-electron chi connectivity index (χ1n) is 11.5. The maximum atomic E-state index is 13.3. The van der Waals surface area contributed by atoms with Crippen molar-refractivity contribution in [3.05, 3.63) is 71.7 Å². The number of nitrogens with two attached hydrogens (primary N) is 1. The Morgan fingerprint density at radius 3 is 2.32 bits per heavy atom. The first-order valence-corrected chi connectivity index (χ1v) is 11.5. The molecule has 200 valence electrons. The number of fused-ring (bicyclic) bond motifs is 1. The zero-order chi connectivity index (χ0) is 27.8. The average Bonchev–Trinajstić information content (AvgIpc) is 3.27. The van der Waals surface area contributed by atoms with E-state index < -0.39 is 41.4 Å². The van der Waals surface area contributed by atoms with Gasteiger partial charge in [0, 0.05) is 11.9 Å². The molecule has 0 bridgehead atoms. The fourth-order valence-electron chi connectivity index (χ4n) is 3.82. The van der Waals surface area contributed by atoms with Gasteiger partial charge >= 0.3 is 12.3 Å². The largest absolute Gasteiger partial charge is 0.444 e. The minimum absolute atomic E-state index is 0.00248. The molecule has 0 spiro atoms. The highest BCUT2D eigenvalue weighted by molar-refractivity contribution is 6.16. The van der Waals surface area contributed by atoms with Crippen LogP contribution in [0.25, 0.3) is 0 Å². The number of nitrogens with one attached hydrogen (secondary N) is 2. The van der Waals surface area contributed by atoms with E-state index in [4.69, 9.17) is 10.5 Å². The van der Waals surface area contributed by atoms with Crippen LogP contribution in [0.4, 0.5) is 35.2 Å². The van der Waals surface area contributed by atoms with Crippen molar-refractivity contribution in [3.8, 4) is 0 Å². The molecule has 1 aromatic carbocycles. The van der Waals surface area contributed by atoms with Crippen LogP contribution in [-0.2, 0) is 10.9 Å². The average molecular weight is 531 g/mol. The molecular weight excluding hydrogens is 505 g/mol. The maximum absolute atomic E-state index is 13.3. The number of halogens is 3. The van der Waals surface area contributed by atoms with Crippen molar-refractivity contribution in [2.45, 2.75) is 38.7 Å². The predicted octanol–water partition coefficient (Wildman–Crippen LogP) is 4.62. The summed E-state index contributed by atoms with van der Waals surface area (Å²) in [6.07, 6.45) is -3.11. The molecule has 0 saturated carbocycles. The number of pyridine rings is 1. The lowest BCUT2D eigenvalue weighted by Crippen LogP contribution is -2.46. The van der Waals surface area contributed by atoms with Crippen LogP contribution in [0.1, 0.15) is 53.3 Å². The summed E-state index contributed by atoms with van der Waals surface area (Å²) in [5.74, 6) is -1.01. The Balaban J connectivity index is 1.50. The zero-order valence-corrected chi connectivity index (χ0v) is 20.7. The molecule has 10 nitrogen and oxygen atoms in total. The van der Waals surface area contributed by atoms with Crippen molar-refractivity contribution in [2.75, 3.05) is 22.1 Å². The second-order valence-corrected chi connectivity index (χ2v) is 9.53. The number of aromatic nitrogens is 2. The van der Waals surface area contributed by atoms with Gasteiger partial charge in [-0.3, -0.25) is 14.9 Å². The van der Waals surface area contributed by atoms with E-state index in [0.717, 1.165) is 12.1 Å². The van der Waals surface area contributed by atoms with Gasteiger partial charge in [-0.1, -0.05) is 0 Å². The summed E-state index contributed by atoms with van der Waals surface area (Å²) < 4.78 is 45.4. The van der Waals surface area contributed by atoms with Gasteiger partial charge in [-0.15, -0.1) is 0 Å². The zero-order valence-electron chi connectivity index (χ0n) is 20.7. The quantitative estimate of drug-likeness (QED) is 0.451. The smallest absolute Gasteiger partial charge is 0.416 e. The van der Waals surface area contributed by atoms with Crippen LogP contribution in [0, 0.1) is 0 Å². The van der Waals surface area contributed by atoms with Crippen molar-refractivity contribution >= 4 is 35.1 Å². The number of anilines is 3. The van der Waals surface area contributed by atoms with Gasteiger partial charge in [0.2, 0.25) is 0 Å². The van der Waals surface area contributed by atoms with Crippen LogP contribution >= 0.6 is 0 Å². The van der Waals surface area contributed by atoms with Crippen molar-refractivity contribution in [1.29, 1.82) is 0 Å². The number of ether oxygens (including phenoxy) is 1. The molecule has 1 aliphatic heterocycles. The lowest BCUT2D eigenvalue weighted by Gasteiger charge is -2.33. The molecule has 3 heterocycles. The lowest BCUT2D eigenvalue weighted by atomic mass is 10.1. The van der Waals surface area contributed by atoms with Crippen molar-refractivity contribution in [2.24, 2.45) is 5.73 Å². The van der Waals surface area contributed by atoms with E-state index in [-0.39, 0.29) is 35.0 Å². The molecule has 38 heavy (non-hydrogen) atoms. The van der Waals surface area contributed by atoms with Gasteiger partial charge < -0.3 is 25.3 Å². The van der Waals surface area contributed by atoms with E-state index in [0.29, 0.717) is 0 Å². The third kappa shape index (κ3) is 5.78. The molecule has 1 aliphatic rings. The molecule has 3 aromatic rings. The molecule has 4 rings (SSSR count). The van der Waals surface area contributed by atoms with Crippen LogP contribution < -0.4 is 21.3 Å². The molecule has 0 aliphatic carbocycles. The molecule has 4 N–H and O–H groups in total. The normalized spacial score (nSPS) is 15.6. The summed E-state index contributed by atoms with van der Waals surface area (Å²) in [5, 5.41) is 5.11.